The van der Waals surface area contributed by atoms with Crippen molar-refractivity contribution in [2.45, 2.75) is 0 Å². The number of para-hydroxylation sites is 4. The summed E-state index contributed by atoms with van der Waals surface area (Å²) in [7, 11) is 0. The molecule has 0 unspecified atom stereocenters. The summed E-state index contributed by atoms with van der Waals surface area (Å²) in [5.74, 6) is 0.640. The SMILES string of the molecule is c1ccc(-c2ccc(-c3cc(-c4cc(-c5ccc6c7ccccc7n(-c7ccccc7)c6c5)cc(-c5ccc6c7ccccc7n(-c7ccccc7)c6c5)c4)nc(-c4ccncc4)n3)cc2)cc1. The van der Waals surface area contributed by atoms with Crippen molar-refractivity contribution in [2.24, 2.45) is 0 Å². The Morgan fingerprint density at radius 2 is 0.662 bits per heavy atom. The van der Waals surface area contributed by atoms with Crippen molar-refractivity contribution in [1.82, 2.24) is 24.1 Å². The average Bonchev–Trinajstić information content (AvgIpc) is 3.94. The van der Waals surface area contributed by atoms with Gasteiger partial charge >= 0.3 is 0 Å². The Labute approximate surface area is 393 Å². The van der Waals surface area contributed by atoms with Gasteiger partial charge in [0.2, 0.25) is 0 Å². The smallest absolute Gasteiger partial charge is 0.160 e. The quantitative estimate of drug-likeness (QED) is 0.153. The van der Waals surface area contributed by atoms with Crippen LogP contribution in [0.5, 0.6) is 0 Å². The van der Waals surface area contributed by atoms with E-state index in [0.29, 0.717) is 5.82 Å². The second-order valence-corrected chi connectivity index (χ2v) is 17.3. The van der Waals surface area contributed by atoms with E-state index in [4.69, 9.17) is 9.97 Å². The van der Waals surface area contributed by atoms with Crippen molar-refractivity contribution < 1.29 is 0 Å². The molecule has 68 heavy (non-hydrogen) atoms. The Balaban J connectivity index is 1.04. The van der Waals surface area contributed by atoms with Crippen molar-refractivity contribution in [1.29, 1.82) is 0 Å². The molecule has 0 bridgehead atoms. The normalized spacial score (nSPS) is 11.5. The van der Waals surface area contributed by atoms with Crippen LogP contribution in [0.15, 0.2) is 249 Å². The van der Waals surface area contributed by atoms with Gasteiger partial charge in [-0.1, -0.05) is 152 Å². The molecule has 13 aromatic rings. The third-order valence-electron chi connectivity index (χ3n) is 13.2. The lowest BCUT2D eigenvalue weighted by Crippen LogP contribution is -1.97. The largest absolute Gasteiger partial charge is 0.309 e. The Hall–Kier alpha value is -9.19. The maximum atomic E-state index is 5.35. The molecule has 4 aromatic heterocycles. The van der Waals surface area contributed by atoms with Crippen LogP contribution in [0.4, 0.5) is 0 Å². The van der Waals surface area contributed by atoms with Gasteiger partial charge in [0.15, 0.2) is 5.82 Å². The van der Waals surface area contributed by atoms with E-state index < -0.39 is 0 Å². The molecular weight excluding hydrogens is 827 g/mol. The third-order valence-corrected chi connectivity index (χ3v) is 13.2. The second-order valence-electron chi connectivity index (χ2n) is 17.3. The fraction of sp³-hybridized carbons (Fsp3) is 0. The summed E-state index contributed by atoms with van der Waals surface area (Å²) in [6.45, 7) is 0. The molecule has 0 fully saturated rings. The molecule has 0 atom stereocenters. The van der Waals surface area contributed by atoms with Crippen molar-refractivity contribution in [3.8, 4) is 78.7 Å². The summed E-state index contributed by atoms with van der Waals surface area (Å²) in [6, 6.07) is 84.7. The summed E-state index contributed by atoms with van der Waals surface area (Å²) in [5, 5.41) is 4.88. The minimum atomic E-state index is 0.640. The van der Waals surface area contributed by atoms with E-state index >= 15 is 0 Å². The van der Waals surface area contributed by atoms with Crippen LogP contribution >= 0.6 is 0 Å². The number of nitrogens with zero attached hydrogens (tertiary/aromatic N) is 5. The molecule has 0 saturated carbocycles. The monoisotopic (exact) mass is 867 g/mol. The molecule has 9 aromatic carbocycles. The van der Waals surface area contributed by atoms with Crippen molar-refractivity contribution in [3.63, 3.8) is 0 Å². The molecule has 0 spiro atoms. The Bertz CT molecular complexity index is 3810. The molecule has 0 aliphatic heterocycles. The number of rotatable bonds is 8. The Kier molecular flexibility index (Phi) is 9.43. The summed E-state index contributed by atoms with van der Waals surface area (Å²) >= 11 is 0. The molecule has 0 aliphatic carbocycles. The number of benzene rings is 9. The van der Waals surface area contributed by atoms with Crippen molar-refractivity contribution >= 4 is 43.6 Å². The van der Waals surface area contributed by atoms with Crippen molar-refractivity contribution in [3.05, 3.63) is 249 Å². The second kappa shape index (κ2) is 16.4. The van der Waals surface area contributed by atoms with E-state index in [2.05, 4.69) is 233 Å². The number of pyridine rings is 1. The fourth-order valence-corrected chi connectivity index (χ4v) is 9.96. The summed E-state index contributed by atoms with van der Waals surface area (Å²) < 4.78 is 4.77. The number of hydrogen-bond acceptors (Lipinski definition) is 3. The number of fused-ring (bicyclic) bond motifs is 6. The predicted molar refractivity (Wildman–Crippen MR) is 281 cm³/mol. The molecule has 0 radical (unpaired) electrons. The van der Waals surface area contributed by atoms with Crippen LogP contribution in [-0.4, -0.2) is 24.1 Å². The highest BCUT2D eigenvalue weighted by Crippen LogP contribution is 2.40. The van der Waals surface area contributed by atoms with Crippen molar-refractivity contribution in [2.75, 3.05) is 0 Å². The minimum Gasteiger partial charge on any atom is -0.309 e. The summed E-state index contributed by atoms with van der Waals surface area (Å²) in [4.78, 5) is 14.9. The molecule has 13 rings (SSSR count). The molecule has 0 saturated heterocycles. The lowest BCUT2D eigenvalue weighted by atomic mass is 9.93. The molecule has 0 N–H and O–H groups in total. The van der Waals surface area contributed by atoms with Gasteiger partial charge in [-0.3, -0.25) is 4.98 Å². The molecule has 0 aliphatic rings. The maximum absolute atomic E-state index is 5.35. The van der Waals surface area contributed by atoms with E-state index in [0.717, 1.165) is 78.3 Å². The standard InChI is InChI=1S/C63H41N5/c1-4-14-42(15-5-1)43-24-26-44(27-25-43)57-41-58(66-63(65-57)45-32-34-64-35-33-45)50-37-48(46-28-30-55-53-20-10-12-22-59(53)67(61(55)39-46)51-16-6-2-7-17-51)36-49(38-50)47-29-31-56-54-21-11-13-23-60(54)68(62(56)40-47)52-18-8-3-9-19-52/h1-41H. The van der Waals surface area contributed by atoms with Gasteiger partial charge in [0.05, 0.1) is 33.5 Å². The summed E-state index contributed by atoms with van der Waals surface area (Å²) in [6.07, 6.45) is 3.60. The van der Waals surface area contributed by atoms with E-state index in [-0.39, 0.29) is 0 Å². The first-order chi connectivity index (χ1) is 33.7. The molecule has 0 amide bonds. The predicted octanol–water partition coefficient (Wildman–Crippen LogP) is 16.1. The first-order valence-corrected chi connectivity index (χ1v) is 23.0. The average molecular weight is 868 g/mol. The zero-order valence-corrected chi connectivity index (χ0v) is 36.9. The number of hydrogen-bond donors (Lipinski definition) is 0. The van der Waals surface area contributed by atoms with Crippen LogP contribution < -0.4 is 0 Å². The molecular formula is C63H41N5. The lowest BCUT2D eigenvalue weighted by molar-refractivity contribution is 1.17. The van der Waals surface area contributed by atoms with Gasteiger partial charge in [-0.05, 0) is 118 Å². The minimum absolute atomic E-state index is 0.640. The maximum Gasteiger partial charge on any atom is 0.160 e. The van der Waals surface area contributed by atoms with E-state index in [9.17, 15) is 0 Å². The topological polar surface area (TPSA) is 48.5 Å². The highest BCUT2D eigenvalue weighted by Gasteiger charge is 2.18. The highest BCUT2D eigenvalue weighted by atomic mass is 15.0. The third kappa shape index (κ3) is 6.84. The Morgan fingerprint density at radius 1 is 0.250 bits per heavy atom. The van der Waals surface area contributed by atoms with Gasteiger partial charge in [0, 0.05) is 62.0 Å². The molecule has 5 nitrogen and oxygen atoms in total. The van der Waals surface area contributed by atoms with Crippen LogP contribution in [0.25, 0.3) is 122 Å². The van der Waals surface area contributed by atoms with Gasteiger partial charge in [-0.15, -0.1) is 0 Å². The zero-order valence-electron chi connectivity index (χ0n) is 36.9. The van der Waals surface area contributed by atoms with Crippen LogP contribution in [-0.2, 0) is 0 Å². The zero-order chi connectivity index (χ0) is 45.0. The van der Waals surface area contributed by atoms with Gasteiger partial charge in [0.1, 0.15) is 0 Å². The van der Waals surface area contributed by atoms with Crippen LogP contribution in [0.2, 0.25) is 0 Å². The van der Waals surface area contributed by atoms with Gasteiger partial charge in [-0.25, -0.2) is 9.97 Å². The number of aromatic nitrogens is 5. The fourth-order valence-electron chi connectivity index (χ4n) is 9.96. The van der Waals surface area contributed by atoms with Gasteiger partial charge < -0.3 is 9.13 Å². The first-order valence-electron chi connectivity index (χ1n) is 23.0. The van der Waals surface area contributed by atoms with E-state index in [1.165, 1.54) is 38.1 Å². The van der Waals surface area contributed by atoms with Crippen LogP contribution in [0, 0.1) is 0 Å². The van der Waals surface area contributed by atoms with Crippen LogP contribution in [0.1, 0.15) is 0 Å². The van der Waals surface area contributed by atoms with Crippen LogP contribution in [0.3, 0.4) is 0 Å². The molecule has 318 valence electrons. The lowest BCUT2D eigenvalue weighted by Gasteiger charge is -2.14. The molecule has 4 heterocycles. The van der Waals surface area contributed by atoms with E-state index in [1.807, 2.05) is 18.2 Å². The van der Waals surface area contributed by atoms with Gasteiger partial charge in [-0.2, -0.15) is 0 Å². The Morgan fingerprint density at radius 3 is 1.21 bits per heavy atom. The molecule has 5 heteroatoms. The highest BCUT2D eigenvalue weighted by molar-refractivity contribution is 6.11. The van der Waals surface area contributed by atoms with Gasteiger partial charge in [0.25, 0.3) is 0 Å². The van der Waals surface area contributed by atoms with E-state index in [1.54, 1.807) is 12.4 Å². The first kappa shape index (κ1) is 39.2. The summed E-state index contributed by atoms with van der Waals surface area (Å²) in [5.41, 5.74) is 18.2.